The van der Waals surface area contributed by atoms with Crippen molar-refractivity contribution in [2.24, 2.45) is 0 Å². The van der Waals surface area contributed by atoms with Gasteiger partial charge in [-0.2, -0.15) is 0 Å². The van der Waals surface area contributed by atoms with E-state index in [4.69, 9.17) is 4.74 Å². The van der Waals surface area contributed by atoms with Gasteiger partial charge in [0.15, 0.2) is 0 Å². The quantitative estimate of drug-likeness (QED) is 0.759. The lowest BCUT2D eigenvalue weighted by molar-refractivity contribution is 0.0103. The van der Waals surface area contributed by atoms with Gasteiger partial charge in [0.25, 0.3) is 0 Å². The zero-order chi connectivity index (χ0) is 12.8. The minimum Gasteiger partial charge on any atom is -0.392 e. The van der Waals surface area contributed by atoms with Crippen LogP contribution in [0.4, 0.5) is 0 Å². The molecule has 0 bridgehead atoms. The van der Waals surface area contributed by atoms with Gasteiger partial charge in [-0.05, 0) is 24.6 Å². The van der Waals surface area contributed by atoms with Gasteiger partial charge < -0.3 is 14.9 Å². The molecule has 3 atom stereocenters. The summed E-state index contributed by atoms with van der Waals surface area (Å²) in [7, 11) is 0. The fourth-order valence-corrected chi connectivity index (χ4v) is 1.71. The predicted octanol–water partition coefficient (Wildman–Crippen LogP) is 2.47. The Morgan fingerprint density at radius 1 is 1.24 bits per heavy atom. The summed E-state index contributed by atoms with van der Waals surface area (Å²) >= 11 is 6.57. The summed E-state index contributed by atoms with van der Waals surface area (Å²) < 4.78 is 6.41. The van der Waals surface area contributed by atoms with Crippen LogP contribution >= 0.6 is 31.9 Å². The number of rotatable bonds is 6. The molecule has 0 spiro atoms. The molecule has 0 fully saturated rings. The second-order valence-corrected chi connectivity index (χ2v) is 5.87. The van der Waals surface area contributed by atoms with Crippen LogP contribution in [0.1, 0.15) is 12.5 Å². The summed E-state index contributed by atoms with van der Waals surface area (Å²) in [6.45, 7) is 2.26. The van der Waals surface area contributed by atoms with E-state index < -0.39 is 12.2 Å². The molecule has 17 heavy (non-hydrogen) atoms. The highest BCUT2D eigenvalue weighted by Crippen LogP contribution is 2.13. The molecular weight excluding hydrogens is 352 g/mol. The number of benzene rings is 1. The fraction of sp³-hybridized carbons (Fsp3) is 0.500. The first kappa shape index (κ1) is 15.1. The summed E-state index contributed by atoms with van der Waals surface area (Å²) in [4.78, 5) is -0.368. The van der Waals surface area contributed by atoms with Crippen molar-refractivity contribution in [2.75, 3.05) is 6.61 Å². The highest BCUT2D eigenvalue weighted by Gasteiger charge is 2.20. The minimum absolute atomic E-state index is 0.191. The Balaban J connectivity index is 2.30. The maximum absolute atomic E-state index is 9.67. The van der Waals surface area contributed by atoms with Crippen LogP contribution in [-0.4, -0.2) is 33.9 Å². The van der Waals surface area contributed by atoms with Gasteiger partial charge in [-0.25, -0.2) is 0 Å². The Kier molecular flexibility index (Phi) is 6.66. The molecule has 0 heterocycles. The maximum Gasteiger partial charge on any atom is 0.0923 e. The number of aliphatic hydroxyl groups excluding tert-OH is 2. The topological polar surface area (TPSA) is 49.7 Å². The van der Waals surface area contributed by atoms with Crippen molar-refractivity contribution in [1.82, 2.24) is 0 Å². The second kappa shape index (κ2) is 7.48. The number of ether oxygens (including phenoxy) is 1. The number of hydrogen-bond acceptors (Lipinski definition) is 3. The van der Waals surface area contributed by atoms with Crippen LogP contribution in [0.25, 0.3) is 0 Å². The zero-order valence-electron chi connectivity index (χ0n) is 9.51. The van der Waals surface area contributed by atoms with E-state index >= 15 is 0 Å². The summed E-state index contributed by atoms with van der Waals surface area (Å²) in [6, 6.07) is 7.80. The van der Waals surface area contributed by atoms with Gasteiger partial charge in [0.1, 0.15) is 0 Å². The molecular formula is C12H16Br2O3. The molecule has 5 heteroatoms. The van der Waals surface area contributed by atoms with Crippen LogP contribution in [0.2, 0.25) is 0 Å². The Bertz CT molecular complexity index is 327. The summed E-state index contributed by atoms with van der Waals surface area (Å²) in [5.74, 6) is 0. The molecule has 0 radical (unpaired) electrons. The first-order chi connectivity index (χ1) is 8.00. The van der Waals surface area contributed by atoms with E-state index in [1.165, 1.54) is 0 Å². The molecule has 0 aromatic heterocycles. The lowest BCUT2D eigenvalue weighted by Gasteiger charge is -2.19. The van der Waals surface area contributed by atoms with Crippen LogP contribution in [-0.2, 0) is 11.3 Å². The molecule has 1 aromatic carbocycles. The average molecular weight is 368 g/mol. The van der Waals surface area contributed by atoms with Crippen molar-refractivity contribution < 1.29 is 14.9 Å². The molecule has 0 aliphatic rings. The third kappa shape index (κ3) is 5.48. The highest BCUT2D eigenvalue weighted by molar-refractivity contribution is 9.10. The van der Waals surface area contributed by atoms with Gasteiger partial charge in [-0.3, -0.25) is 0 Å². The minimum atomic E-state index is -0.717. The summed E-state index contributed by atoms with van der Waals surface area (Å²) in [5, 5.41) is 18.9. The van der Waals surface area contributed by atoms with Crippen LogP contribution in [0, 0.1) is 0 Å². The molecule has 3 unspecified atom stereocenters. The van der Waals surface area contributed by atoms with E-state index in [9.17, 15) is 10.2 Å². The lowest BCUT2D eigenvalue weighted by atomic mass is 10.2. The van der Waals surface area contributed by atoms with Crippen molar-refractivity contribution in [2.45, 2.75) is 30.6 Å². The van der Waals surface area contributed by atoms with E-state index in [2.05, 4.69) is 31.9 Å². The first-order valence-electron chi connectivity index (χ1n) is 5.33. The van der Waals surface area contributed by atoms with Crippen molar-refractivity contribution in [1.29, 1.82) is 0 Å². The SMILES string of the molecule is CC(O)C(Br)C(O)COCc1ccc(Br)cc1. The average Bonchev–Trinajstić information content (AvgIpc) is 2.30. The van der Waals surface area contributed by atoms with E-state index in [1.54, 1.807) is 6.92 Å². The maximum atomic E-state index is 9.67. The number of hydrogen-bond donors (Lipinski definition) is 2. The van der Waals surface area contributed by atoms with Crippen molar-refractivity contribution in [3.63, 3.8) is 0 Å². The van der Waals surface area contributed by atoms with Gasteiger partial charge >= 0.3 is 0 Å². The van der Waals surface area contributed by atoms with Crippen molar-refractivity contribution >= 4 is 31.9 Å². The van der Waals surface area contributed by atoms with Crippen molar-refractivity contribution in [3.8, 4) is 0 Å². The summed E-state index contributed by atoms with van der Waals surface area (Å²) in [5.41, 5.74) is 1.04. The van der Waals surface area contributed by atoms with Crippen LogP contribution in [0.5, 0.6) is 0 Å². The molecule has 1 aromatic rings. The summed E-state index contributed by atoms with van der Waals surface area (Å²) in [6.07, 6.45) is -1.33. The van der Waals surface area contributed by atoms with E-state index in [0.29, 0.717) is 6.61 Å². The third-order valence-corrected chi connectivity index (χ3v) is 4.20. The third-order valence-electron chi connectivity index (χ3n) is 2.30. The van der Waals surface area contributed by atoms with Gasteiger partial charge in [-0.1, -0.05) is 44.0 Å². The smallest absolute Gasteiger partial charge is 0.0923 e. The van der Waals surface area contributed by atoms with Gasteiger partial charge in [-0.15, -0.1) is 0 Å². The number of alkyl halides is 1. The van der Waals surface area contributed by atoms with E-state index in [-0.39, 0.29) is 11.4 Å². The Morgan fingerprint density at radius 2 is 1.82 bits per heavy atom. The Labute approximate surface area is 118 Å². The highest BCUT2D eigenvalue weighted by atomic mass is 79.9. The molecule has 1 rings (SSSR count). The van der Waals surface area contributed by atoms with Crippen LogP contribution < -0.4 is 0 Å². The zero-order valence-corrected chi connectivity index (χ0v) is 12.7. The standard InChI is InChI=1S/C12H16Br2O3/c1-8(15)12(14)11(16)7-17-6-9-2-4-10(13)5-3-9/h2-5,8,11-12,15-16H,6-7H2,1H3. The molecule has 96 valence electrons. The number of aliphatic hydroxyl groups is 2. The molecule has 0 aliphatic heterocycles. The van der Waals surface area contributed by atoms with Gasteiger partial charge in [0.05, 0.1) is 30.2 Å². The monoisotopic (exact) mass is 366 g/mol. The Morgan fingerprint density at radius 3 is 2.35 bits per heavy atom. The van der Waals surface area contributed by atoms with E-state index in [1.807, 2.05) is 24.3 Å². The normalized spacial score (nSPS) is 16.5. The molecule has 0 aliphatic carbocycles. The molecule has 0 amide bonds. The number of halogens is 2. The molecule has 0 saturated carbocycles. The van der Waals surface area contributed by atoms with Crippen molar-refractivity contribution in [3.05, 3.63) is 34.3 Å². The Hall–Kier alpha value is 0.0600. The predicted molar refractivity (Wildman–Crippen MR) is 74.2 cm³/mol. The van der Waals surface area contributed by atoms with Crippen LogP contribution in [0.15, 0.2) is 28.7 Å². The first-order valence-corrected chi connectivity index (χ1v) is 7.04. The molecule has 2 N–H and O–H groups in total. The second-order valence-electron chi connectivity index (χ2n) is 3.89. The molecule has 3 nitrogen and oxygen atoms in total. The van der Waals surface area contributed by atoms with Gasteiger partial charge in [0.2, 0.25) is 0 Å². The largest absolute Gasteiger partial charge is 0.392 e. The molecule has 0 saturated heterocycles. The van der Waals surface area contributed by atoms with Crippen LogP contribution in [0.3, 0.4) is 0 Å². The lowest BCUT2D eigenvalue weighted by Crippen LogP contribution is -2.33. The fourth-order valence-electron chi connectivity index (χ4n) is 1.29. The van der Waals surface area contributed by atoms with E-state index in [0.717, 1.165) is 10.0 Å². The van der Waals surface area contributed by atoms with Gasteiger partial charge in [0, 0.05) is 4.47 Å².